The van der Waals surface area contributed by atoms with Crippen molar-refractivity contribution in [3.63, 3.8) is 0 Å². The van der Waals surface area contributed by atoms with Crippen LogP contribution in [0.5, 0.6) is 0 Å². The molecular formula is C15H18ClNO2. The Hall–Kier alpha value is -1.32. The molecule has 1 aromatic carbocycles. The van der Waals surface area contributed by atoms with Crippen LogP contribution in [-0.4, -0.2) is 35.1 Å². The topological polar surface area (TPSA) is 40.5 Å². The van der Waals surface area contributed by atoms with Crippen LogP contribution in [0.4, 0.5) is 0 Å². The highest BCUT2D eigenvalue weighted by Gasteiger charge is 2.28. The van der Waals surface area contributed by atoms with E-state index in [1.807, 2.05) is 18.2 Å². The first-order valence-corrected chi connectivity index (χ1v) is 6.86. The molecule has 1 atom stereocenters. The molecular weight excluding hydrogens is 262 g/mol. The van der Waals surface area contributed by atoms with Crippen LogP contribution in [0, 0.1) is 0 Å². The summed E-state index contributed by atoms with van der Waals surface area (Å²) in [5.74, 6) is -0.0172. The number of hydrogen-bond donors (Lipinski definition) is 1. The van der Waals surface area contributed by atoms with Gasteiger partial charge in [-0.3, -0.25) is 4.79 Å². The summed E-state index contributed by atoms with van der Waals surface area (Å²) in [6.45, 7) is 2.54. The van der Waals surface area contributed by atoms with Gasteiger partial charge in [0.05, 0.1) is 12.6 Å². The van der Waals surface area contributed by atoms with Crippen LogP contribution in [0.15, 0.2) is 29.8 Å². The Morgan fingerprint density at radius 1 is 1.53 bits per heavy atom. The normalized spacial score (nSPS) is 19.8. The third-order valence-electron chi connectivity index (χ3n) is 3.46. The number of amides is 1. The molecule has 1 fully saturated rings. The van der Waals surface area contributed by atoms with E-state index in [2.05, 4.69) is 0 Å². The number of hydrogen-bond acceptors (Lipinski definition) is 2. The average Bonchev–Trinajstić information content (AvgIpc) is 2.88. The van der Waals surface area contributed by atoms with Gasteiger partial charge in [0.1, 0.15) is 0 Å². The van der Waals surface area contributed by atoms with E-state index in [1.165, 1.54) is 0 Å². The van der Waals surface area contributed by atoms with Crippen LogP contribution < -0.4 is 0 Å². The molecule has 2 rings (SSSR count). The van der Waals surface area contributed by atoms with Gasteiger partial charge in [0.15, 0.2) is 0 Å². The minimum atomic E-state index is -0.0397. The highest BCUT2D eigenvalue weighted by atomic mass is 35.5. The molecule has 4 heteroatoms. The van der Waals surface area contributed by atoms with Crippen LogP contribution in [-0.2, 0) is 4.79 Å². The highest BCUT2D eigenvalue weighted by molar-refractivity contribution is 6.32. The molecule has 0 saturated carbocycles. The smallest absolute Gasteiger partial charge is 0.249 e. The van der Waals surface area contributed by atoms with Crippen molar-refractivity contribution in [3.8, 4) is 0 Å². The largest absolute Gasteiger partial charge is 0.394 e. The lowest BCUT2D eigenvalue weighted by Gasteiger charge is -2.23. The standard InChI is InChI=1S/C15H18ClNO2/c1-11(9-12-5-2-3-7-14(12)16)15(19)17-8-4-6-13(17)10-18/h2-3,5,7,9,13,18H,4,6,8,10H2,1H3/b11-9-. The van der Waals surface area contributed by atoms with E-state index in [-0.39, 0.29) is 18.6 Å². The van der Waals surface area contributed by atoms with Crippen molar-refractivity contribution < 1.29 is 9.90 Å². The first-order chi connectivity index (χ1) is 9.13. The Kier molecular flexibility index (Phi) is 4.61. The Morgan fingerprint density at radius 3 is 2.95 bits per heavy atom. The van der Waals surface area contributed by atoms with E-state index in [0.29, 0.717) is 10.6 Å². The monoisotopic (exact) mass is 279 g/mol. The lowest BCUT2D eigenvalue weighted by atomic mass is 10.1. The number of rotatable bonds is 3. The average molecular weight is 280 g/mol. The number of likely N-dealkylation sites (tertiary alicyclic amines) is 1. The Bertz CT molecular complexity index is 499. The van der Waals surface area contributed by atoms with Crippen LogP contribution in [0.25, 0.3) is 6.08 Å². The van der Waals surface area contributed by atoms with Gasteiger partial charge in [-0.15, -0.1) is 0 Å². The van der Waals surface area contributed by atoms with E-state index >= 15 is 0 Å². The van der Waals surface area contributed by atoms with Crippen molar-refractivity contribution in [2.24, 2.45) is 0 Å². The van der Waals surface area contributed by atoms with Gasteiger partial charge in [0, 0.05) is 17.1 Å². The van der Waals surface area contributed by atoms with Crippen molar-refractivity contribution in [1.82, 2.24) is 4.90 Å². The van der Waals surface area contributed by atoms with Crippen molar-refractivity contribution in [3.05, 3.63) is 40.4 Å². The zero-order valence-corrected chi connectivity index (χ0v) is 11.7. The first-order valence-electron chi connectivity index (χ1n) is 6.48. The predicted molar refractivity (Wildman–Crippen MR) is 76.9 cm³/mol. The van der Waals surface area contributed by atoms with Crippen molar-refractivity contribution >= 4 is 23.6 Å². The summed E-state index contributed by atoms with van der Waals surface area (Å²) in [5.41, 5.74) is 1.49. The van der Waals surface area contributed by atoms with Gasteiger partial charge in [-0.05, 0) is 37.5 Å². The predicted octanol–water partition coefficient (Wildman–Crippen LogP) is 2.73. The Balaban J connectivity index is 2.17. The Labute approximate surface area is 118 Å². The molecule has 0 bridgehead atoms. The number of carbonyl (C=O) groups is 1. The zero-order valence-electron chi connectivity index (χ0n) is 11.0. The van der Waals surface area contributed by atoms with Gasteiger partial charge < -0.3 is 10.0 Å². The molecule has 1 amide bonds. The van der Waals surface area contributed by atoms with E-state index in [1.54, 1.807) is 24.0 Å². The second kappa shape index (κ2) is 6.22. The SMILES string of the molecule is C/C(=C/c1ccccc1Cl)C(=O)N1CCCC1CO. The third-order valence-corrected chi connectivity index (χ3v) is 3.81. The van der Waals surface area contributed by atoms with Crippen molar-refractivity contribution in [2.75, 3.05) is 13.2 Å². The quantitative estimate of drug-likeness (QED) is 0.865. The fourth-order valence-corrected chi connectivity index (χ4v) is 2.60. The summed E-state index contributed by atoms with van der Waals surface area (Å²) < 4.78 is 0. The zero-order chi connectivity index (χ0) is 13.8. The number of aliphatic hydroxyl groups excluding tert-OH is 1. The van der Waals surface area contributed by atoms with Gasteiger partial charge >= 0.3 is 0 Å². The molecule has 3 nitrogen and oxygen atoms in total. The fraction of sp³-hybridized carbons (Fsp3) is 0.400. The number of nitrogens with zero attached hydrogens (tertiary/aromatic N) is 1. The maximum Gasteiger partial charge on any atom is 0.249 e. The van der Waals surface area contributed by atoms with Gasteiger partial charge in [0.25, 0.3) is 0 Å². The van der Waals surface area contributed by atoms with E-state index < -0.39 is 0 Å². The molecule has 0 aliphatic carbocycles. The molecule has 0 radical (unpaired) electrons. The third kappa shape index (κ3) is 3.17. The molecule has 1 unspecified atom stereocenters. The van der Waals surface area contributed by atoms with E-state index in [9.17, 15) is 9.90 Å². The maximum atomic E-state index is 12.3. The maximum absolute atomic E-state index is 12.3. The number of aliphatic hydroxyl groups is 1. The van der Waals surface area contributed by atoms with Gasteiger partial charge in [-0.2, -0.15) is 0 Å². The summed E-state index contributed by atoms with van der Waals surface area (Å²) in [4.78, 5) is 14.1. The molecule has 19 heavy (non-hydrogen) atoms. The van der Waals surface area contributed by atoms with Crippen LogP contribution >= 0.6 is 11.6 Å². The summed E-state index contributed by atoms with van der Waals surface area (Å²) in [6.07, 6.45) is 3.63. The van der Waals surface area contributed by atoms with Crippen LogP contribution in [0.1, 0.15) is 25.3 Å². The lowest BCUT2D eigenvalue weighted by Crippen LogP contribution is -2.38. The second-order valence-corrected chi connectivity index (χ2v) is 5.23. The lowest BCUT2D eigenvalue weighted by molar-refractivity contribution is -0.128. The molecule has 0 spiro atoms. The molecule has 1 heterocycles. The molecule has 1 aromatic rings. The second-order valence-electron chi connectivity index (χ2n) is 4.83. The summed E-state index contributed by atoms with van der Waals surface area (Å²) in [7, 11) is 0. The first kappa shape index (κ1) is 14.1. The van der Waals surface area contributed by atoms with Crippen molar-refractivity contribution in [2.45, 2.75) is 25.8 Å². The number of benzene rings is 1. The molecule has 1 aliphatic rings. The van der Waals surface area contributed by atoms with Crippen LogP contribution in [0.3, 0.4) is 0 Å². The molecule has 0 aromatic heterocycles. The number of carbonyl (C=O) groups excluding carboxylic acids is 1. The van der Waals surface area contributed by atoms with Crippen molar-refractivity contribution in [1.29, 1.82) is 0 Å². The minimum Gasteiger partial charge on any atom is -0.394 e. The molecule has 1 aliphatic heterocycles. The van der Waals surface area contributed by atoms with Crippen LogP contribution in [0.2, 0.25) is 5.02 Å². The molecule has 102 valence electrons. The van der Waals surface area contributed by atoms with E-state index in [4.69, 9.17) is 11.6 Å². The van der Waals surface area contributed by atoms with Gasteiger partial charge in [-0.1, -0.05) is 29.8 Å². The van der Waals surface area contributed by atoms with E-state index in [0.717, 1.165) is 24.9 Å². The highest BCUT2D eigenvalue weighted by Crippen LogP contribution is 2.22. The summed E-state index contributed by atoms with van der Waals surface area (Å²) >= 11 is 6.08. The summed E-state index contributed by atoms with van der Waals surface area (Å²) in [6, 6.07) is 7.40. The summed E-state index contributed by atoms with van der Waals surface area (Å²) in [5, 5.41) is 9.90. The Morgan fingerprint density at radius 2 is 2.26 bits per heavy atom. The number of halogens is 1. The van der Waals surface area contributed by atoms with Gasteiger partial charge in [-0.25, -0.2) is 0 Å². The molecule has 1 N–H and O–H groups in total. The molecule has 1 saturated heterocycles. The van der Waals surface area contributed by atoms with Gasteiger partial charge in [0.2, 0.25) is 5.91 Å². The fourth-order valence-electron chi connectivity index (χ4n) is 2.41. The minimum absolute atomic E-state index is 0.0172.